The molecule has 0 amide bonds. The second-order valence-corrected chi connectivity index (χ2v) is 7.03. The molecule has 0 aliphatic carbocycles. The van der Waals surface area contributed by atoms with Gasteiger partial charge in [0.05, 0.1) is 11.0 Å². The van der Waals surface area contributed by atoms with Crippen LogP contribution in [0.5, 0.6) is 0 Å². The fourth-order valence-electron chi connectivity index (χ4n) is 2.02. The molecular weight excluding hydrogens is 276 g/mol. The molecule has 0 aliphatic heterocycles. The molecule has 114 valence electrons. The van der Waals surface area contributed by atoms with Crippen LogP contribution >= 0.6 is 0 Å². The Morgan fingerprint density at radius 3 is 2.55 bits per heavy atom. The highest BCUT2D eigenvalue weighted by atomic mass is 32.2. The summed E-state index contributed by atoms with van der Waals surface area (Å²) in [4.78, 5) is 0.253. The number of nitrogens with one attached hydrogen (secondary N) is 1. The van der Waals surface area contributed by atoms with Gasteiger partial charge in [-0.3, -0.25) is 0 Å². The highest BCUT2D eigenvalue weighted by molar-refractivity contribution is 7.89. The van der Waals surface area contributed by atoms with E-state index >= 15 is 0 Å². The van der Waals surface area contributed by atoms with Crippen LogP contribution in [0, 0.1) is 0 Å². The third-order valence-corrected chi connectivity index (χ3v) is 4.92. The molecule has 5 nitrogen and oxygen atoms in total. The largest absolute Gasteiger partial charge is 0.392 e. The highest BCUT2D eigenvalue weighted by Crippen LogP contribution is 2.20. The third kappa shape index (κ3) is 4.28. The Morgan fingerprint density at radius 2 is 2.00 bits per heavy atom. The Balaban J connectivity index is 3.04. The maximum Gasteiger partial charge on any atom is 0.242 e. The molecule has 20 heavy (non-hydrogen) atoms. The third-order valence-electron chi connectivity index (χ3n) is 3.10. The second kappa shape index (κ2) is 7.17. The van der Waals surface area contributed by atoms with E-state index in [1.807, 2.05) is 19.9 Å². The summed E-state index contributed by atoms with van der Waals surface area (Å²) >= 11 is 0. The average molecular weight is 300 g/mol. The predicted molar refractivity (Wildman–Crippen MR) is 80.0 cm³/mol. The van der Waals surface area contributed by atoms with Crippen molar-refractivity contribution in [3.8, 4) is 0 Å². The van der Waals surface area contributed by atoms with E-state index in [2.05, 4.69) is 5.32 Å². The second-order valence-electron chi connectivity index (χ2n) is 4.99. The molecule has 0 radical (unpaired) electrons. The number of aliphatic hydroxyl groups is 1. The molecule has 0 bridgehead atoms. The summed E-state index contributed by atoms with van der Waals surface area (Å²) in [5.41, 5.74) is 0.929. The van der Waals surface area contributed by atoms with Crippen molar-refractivity contribution in [2.75, 3.05) is 20.1 Å². The number of hydrogen-bond acceptors (Lipinski definition) is 4. The summed E-state index contributed by atoms with van der Waals surface area (Å²) < 4.78 is 26.0. The SMILES string of the molecule is CCNC(C)c1cccc(S(=O)(=O)N(C)CC(C)O)c1. The molecule has 0 spiro atoms. The number of benzene rings is 1. The Morgan fingerprint density at radius 1 is 1.35 bits per heavy atom. The smallest absolute Gasteiger partial charge is 0.242 e. The van der Waals surface area contributed by atoms with Gasteiger partial charge in [-0.1, -0.05) is 19.1 Å². The number of aliphatic hydroxyl groups excluding tert-OH is 1. The van der Waals surface area contributed by atoms with Gasteiger partial charge in [-0.25, -0.2) is 8.42 Å². The van der Waals surface area contributed by atoms with Gasteiger partial charge in [-0.15, -0.1) is 0 Å². The Kier molecular flexibility index (Phi) is 6.13. The van der Waals surface area contributed by atoms with E-state index in [1.54, 1.807) is 25.1 Å². The van der Waals surface area contributed by atoms with Crippen molar-refractivity contribution < 1.29 is 13.5 Å². The summed E-state index contributed by atoms with van der Waals surface area (Å²) in [5, 5.41) is 12.6. The van der Waals surface area contributed by atoms with E-state index in [-0.39, 0.29) is 17.5 Å². The van der Waals surface area contributed by atoms with E-state index in [0.29, 0.717) is 0 Å². The molecule has 1 rings (SSSR count). The zero-order valence-electron chi connectivity index (χ0n) is 12.5. The van der Waals surface area contributed by atoms with Crippen molar-refractivity contribution in [1.82, 2.24) is 9.62 Å². The van der Waals surface area contributed by atoms with Crippen molar-refractivity contribution in [2.24, 2.45) is 0 Å². The van der Waals surface area contributed by atoms with Gasteiger partial charge < -0.3 is 10.4 Å². The van der Waals surface area contributed by atoms with Gasteiger partial charge in [0, 0.05) is 19.6 Å². The minimum atomic E-state index is -3.56. The van der Waals surface area contributed by atoms with Crippen molar-refractivity contribution in [1.29, 1.82) is 0 Å². The summed E-state index contributed by atoms with van der Waals surface area (Å²) in [6.07, 6.45) is -0.696. The molecule has 2 N–H and O–H groups in total. The summed E-state index contributed by atoms with van der Waals surface area (Å²) in [6.45, 7) is 6.47. The lowest BCUT2D eigenvalue weighted by Crippen LogP contribution is -2.33. The Bertz CT molecular complexity index is 529. The van der Waals surface area contributed by atoms with E-state index in [0.717, 1.165) is 12.1 Å². The van der Waals surface area contributed by atoms with Gasteiger partial charge in [-0.2, -0.15) is 4.31 Å². The van der Waals surface area contributed by atoms with E-state index in [4.69, 9.17) is 0 Å². The van der Waals surface area contributed by atoms with Crippen LogP contribution in [0.4, 0.5) is 0 Å². The lowest BCUT2D eigenvalue weighted by molar-refractivity contribution is 0.171. The van der Waals surface area contributed by atoms with Gasteiger partial charge in [0.15, 0.2) is 0 Å². The van der Waals surface area contributed by atoms with E-state index in [1.165, 1.54) is 11.4 Å². The lowest BCUT2D eigenvalue weighted by atomic mass is 10.1. The number of hydrogen-bond donors (Lipinski definition) is 2. The molecule has 2 atom stereocenters. The molecule has 0 saturated heterocycles. The molecule has 2 unspecified atom stereocenters. The molecule has 1 aromatic carbocycles. The van der Waals surface area contributed by atoms with Gasteiger partial charge in [-0.05, 0) is 38.1 Å². The van der Waals surface area contributed by atoms with Crippen molar-refractivity contribution >= 4 is 10.0 Å². The van der Waals surface area contributed by atoms with Crippen LogP contribution in [0.25, 0.3) is 0 Å². The van der Waals surface area contributed by atoms with Crippen molar-refractivity contribution in [3.05, 3.63) is 29.8 Å². The average Bonchev–Trinajstić information content (AvgIpc) is 2.38. The molecule has 0 heterocycles. The Hall–Kier alpha value is -0.950. The molecule has 1 aromatic rings. The highest BCUT2D eigenvalue weighted by Gasteiger charge is 2.22. The summed E-state index contributed by atoms with van der Waals surface area (Å²) in [5.74, 6) is 0. The van der Waals surface area contributed by atoms with Gasteiger partial charge in [0.1, 0.15) is 0 Å². The molecule has 0 aromatic heterocycles. The maximum atomic E-state index is 12.4. The zero-order valence-corrected chi connectivity index (χ0v) is 13.3. The van der Waals surface area contributed by atoms with E-state index in [9.17, 15) is 13.5 Å². The first-order chi connectivity index (χ1) is 9.28. The van der Waals surface area contributed by atoms with Crippen LogP contribution in [0.3, 0.4) is 0 Å². The molecule has 0 saturated carbocycles. The van der Waals surface area contributed by atoms with Gasteiger partial charge in [0.2, 0.25) is 10.0 Å². The van der Waals surface area contributed by atoms with Gasteiger partial charge >= 0.3 is 0 Å². The van der Waals surface area contributed by atoms with Crippen LogP contribution in [0.2, 0.25) is 0 Å². The first kappa shape index (κ1) is 17.1. The van der Waals surface area contributed by atoms with Crippen LogP contribution in [-0.2, 0) is 10.0 Å². The quantitative estimate of drug-likeness (QED) is 0.798. The maximum absolute atomic E-state index is 12.4. The first-order valence-corrected chi connectivity index (χ1v) is 8.20. The first-order valence-electron chi connectivity index (χ1n) is 6.76. The normalized spacial score (nSPS) is 15.3. The minimum absolute atomic E-state index is 0.0787. The molecule has 0 fully saturated rings. The predicted octanol–water partition coefficient (Wildman–Crippen LogP) is 1.36. The van der Waals surface area contributed by atoms with Gasteiger partial charge in [0.25, 0.3) is 0 Å². The van der Waals surface area contributed by atoms with Crippen LogP contribution in [0.15, 0.2) is 29.2 Å². The number of likely N-dealkylation sites (N-methyl/N-ethyl adjacent to an activating group) is 1. The summed E-state index contributed by atoms with van der Waals surface area (Å²) in [6, 6.07) is 7.00. The number of rotatable bonds is 7. The van der Waals surface area contributed by atoms with Crippen molar-refractivity contribution in [3.63, 3.8) is 0 Å². The van der Waals surface area contributed by atoms with E-state index < -0.39 is 16.1 Å². The molecule has 6 heteroatoms. The Labute approximate surface area is 121 Å². The number of sulfonamides is 1. The van der Waals surface area contributed by atoms with Crippen molar-refractivity contribution in [2.45, 2.75) is 37.8 Å². The monoisotopic (exact) mass is 300 g/mol. The number of nitrogens with zero attached hydrogens (tertiary/aromatic N) is 1. The molecule has 0 aliphatic rings. The minimum Gasteiger partial charge on any atom is -0.392 e. The zero-order chi connectivity index (χ0) is 15.3. The molecular formula is C14H24N2O3S. The fraction of sp³-hybridized carbons (Fsp3) is 0.571. The standard InChI is InChI=1S/C14H24N2O3S/c1-5-15-12(3)13-7-6-8-14(9-13)20(18,19)16(4)10-11(2)17/h6-9,11-12,15,17H,5,10H2,1-4H3. The van der Waals surface area contributed by atoms with Crippen LogP contribution in [-0.4, -0.2) is 44.1 Å². The summed E-state index contributed by atoms with van der Waals surface area (Å²) in [7, 11) is -2.08. The topological polar surface area (TPSA) is 69.6 Å². The van der Waals surface area contributed by atoms with Crippen LogP contribution in [0.1, 0.15) is 32.4 Å². The fourth-order valence-corrected chi connectivity index (χ4v) is 3.33. The van der Waals surface area contributed by atoms with Crippen LogP contribution < -0.4 is 5.32 Å². The lowest BCUT2D eigenvalue weighted by Gasteiger charge is -2.20.